The average molecular weight is 312 g/mol. The Morgan fingerprint density at radius 3 is 2.43 bits per heavy atom. The molecule has 0 radical (unpaired) electrons. The van der Waals surface area contributed by atoms with E-state index in [2.05, 4.69) is 0 Å². The SMILES string of the molecule is COc1cc(C(C)=O)ccc1Oc1ccc([N+](=O)[O-])cc1C#N. The van der Waals surface area contributed by atoms with Crippen LogP contribution in [0.3, 0.4) is 0 Å². The van der Waals surface area contributed by atoms with Crippen LogP contribution in [0, 0.1) is 21.4 Å². The van der Waals surface area contributed by atoms with Crippen LogP contribution in [0.1, 0.15) is 22.8 Å². The van der Waals surface area contributed by atoms with E-state index in [4.69, 9.17) is 14.7 Å². The molecule has 0 aliphatic carbocycles. The standard InChI is InChI=1S/C16H12N2O5/c1-10(19)11-3-5-15(16(8-11)22-2)23-14-6-4-13(18(20)21)7-12(14)9-17/h3-8H,1-2H3. The van der Waals surface area contributed by atoms with Crippen LogP contribution in [0.2, 0.25) is 0 Å². The minimum Gasteiger partial charge on any atom is -0.493 e. The zero-order valence-electron chi connectivity index (χ0n) is 12.4. The Labute approximate surface area is 131 Å². The van der Waals surface area contributed by atoms with Crippen molar-refractivity contribution in [3.8, 4) is 23.3 Å². The number of ether oxygens (including phenoxy) is 2. The maximum Gasteiger partial charge on any atom is 0.271 e. The number of methoxy groups -OCH3 is 1. The molecule has 2 aromatic carbocycles. The summed E-state index contributed by atoms with van der Waals surface area (Å²) in [6.07, 6.45) is 0. The van der Waals surface area contributed by atoms with Gasteiger partial charge in [0.1, 0.15) is 17.4 Å². The second-order valence-electron chi connectivity index (χ2n) is 4.57. The molecule has 0 atom stereocenters. The summed E-state index contributed by atoms with van der Waals surface area (Å²) in [7, 11) is 1.42. The molecule has 23 heavy (non-hydrogen) atoms. The highest BCUT2D eigenvalue weighted by atomic mass is 16.6. The molecule has 0 unspecified atom stereocenters. The van der Waals surface area contributed by atoms with Crippen LogP contribution in [0.4, 0.5) is 5.69 Å². The molecule has 0 aliphatic rings. The first kappa shape index (κ1) is 16.0. The number of carbonyl (C=O) groups excluding carboxylic acids is 1. The zero-order valence-corrected chi connectivity index (χ0v) is 12.4. The number of benzene rings is 2. The topological polar surface area (TPSA) is 102 Å². The van der Waals surface area contributed by atoms with Gasteiger partial charge in [-0.05, 0) is 31.2 Å². The predicted molar refractivity (Wildman–Crippen MR) is 80.9 cm³/mol. The van der Waals surface area contributed by atoms with Crippen LogP contribution >= 0.6 is 0 Å². The van der Waals surface area contributed by atoms with Gasteiger partial charge in [0.25, 0.3) is 5.69 Å². The lowest BCUT2D eigenvalue weighted by Crippen LogP contribution is -1.97. The van der Waals surface area contributed by atoms with E-state index in [1.54, 1.807) is 6.07 Å². The van der Waals surface area contributed by atoms with E-state index >= 15 is 0 Å². The van der Waals surface area contributed by atoms with Crippen molar-refractivity contribution in [2.24, 2.45) is 0 Å². The van der Waals surface area contributed by atoms with Gasteiger partial charge in [-0.3, -0.25) is 14.9 Å². The van der Waals surface area contributed by atoms with E-state index in [9.17, 15) is 14.9 Å². The van der Waals surface area contributed by atoms with Crippen LogP contribution in [-0.4, -0.2) is 17.8 Å². The highest BCUT2D eigenvalue weighted by molar-refractivity contribution is 5.94. The van der Waals surface area contributed by atoms with Gasteiger partial charge in [0.05, 0.1) is 12.0 Å². The Kier molecular flexibility index (Phi) is 4.57. The second kappa shape index (κ2) is 6.58. The molecule has 0 aliphatic heterocycles. The van der Waals surface area contributed by atoms with Gasteiger partial charge in [0, 0.05) is 17.7 Å². The number of nitro benzene ring substituents is 1. The third-order valence-corrected chi connectivity index (χ3v) is 3.08. The quantitative estimate of drug-likeness (QED) is 0.476. The van der Waals surface area contributed by atoms with Crippen LogP contribution in [0.25, 0.3) is 0 Å². The number of rotatable bonds is 5. The minimum absolute atomic E-state index is 0.0249. The van der Waals surface area contributed by atoms with Gasteiger partial charge in [0.15, 0.2) is 17.3 Å². The molecular weight excluding hydrogens is 300 g/mol. The van der Waals surface area contributed by atoms with Crippen LogP contribution in [0.5, 0.6) is 17.2 Å². The summed E-state index contributed by atoms with van der Waals surface area (Å²) in [5.74, 6) is 0.651. The smallest absolute Gasteiger partial charge is 0.271 e. The Morgan fingerprint density at radius 2 is 1.87 bits per heavy atom. The number of nitro groups is 1. The van der Waals surface area contributed by atoms with Crippen LogP contribution in [-0.2, 0) is 0 Å². The molecule has 0 heterocycles. The minimum atomic E-state index is -0.590. The predicted octanol–water partition coefficient (Wildman–Crippen LogP) is 3.47. The molecule has 0 saturated carbocycles. The monoisotopic (exact) mass is 312 g/mol. The molecule has 0 amide bonds. The zero-order chi connectivity index (χ0) is 17.0. The molecule has 0 aromatic heterocycles. The Morgan fingerprint density at radius 1 is 1.17 bits per heavy atom. The molecule has 2 rings (SSSR count). The number of hydrogen-bond donors (Lipinski definition) is 0. The van der Waals surface area contributed by atoms with Gasteiger partial charge in [-0.1, -0.05) is 0 Å². The highest BCUT2D eigenvalue weighted by Gasteiger charge is 2.15. The van der Waals surface area contributed by atoms with Crippen molar-refractivity contribution in [2.75, 3.05) is 7.11 Å². The van der Waals surface area contributed by atoms with E-state index in [0.717, 1.165) is 6.07 Å². The van der Waals surface area contributed by atoms with E-state index in [1.165, 1.54) is 38.3 Å². The van der Waals surface area contributed by atoms with E-state index in [1.807, 2.05) is 6.07 Å². The number of Topliss-reactive ketones (excluding diaryl/α,β-unsaturated/α-hetero) is 1. The first-order valence-corrected chi connectivity index (χ1v) is 6.51. The normalized spacial score (nSPS) is 9.78. The van der Waals surface area contributed by atoms with Crippen molar-refractivity contribution in [1.82, 2.24) is 0 Å². The maximum atomic E-state index is 11.4. The van der Waals surface area contributed by atoms with Gasteiger partial charge in [0.2, 0.25) is 0 Å². The molecular formula is C16H12N2O5. The fourth-order valence-electron chi connectivity index (χ4n) is 1.90. The van der Waals surface area contributed by atoms with E-state index in [0.29, 0.717) is 17.1 Å². The fourth-order valence-corrected chi connectivity index (χ4v) is 1.90. The van der Waals surface area contributed by atoms with E-state index < -0.39 is 4.92 Å². The molecule has 0 spiro atoms. The van der Waals surface area contributed by atoms with Crippen molar-refractivity contribution in [1.29, 1.82) is 5.26 Å². The summed E-state index contributed by atoms with van der Waals surface area (Å²) in [4.78, 5) is 21.5. The number of nitrogens with zero attached hydrogens (tertiary/aromatic N) is 2. The van der Waals surface area contributed by atoms with Crippen LogP contribution in [0.15, 0.2) is 36.4 Å². The number of hydrogen-bond acceptors (Lipinski definition) is 6. The van der Waals surface area contributed by atoms with Crippen LogP contribution < -0.4 is 9.47 Å². The van der Waals surface area contributed by atoms with E-state index in [-0.39, 0.29) is 22.8 Å². The molecule has 116 valence electrons. The summed E-state index contributed by atoms with van der Waals surface area (Å²) in [6, 6.07) is 10.2. The molecule has 7 nitrogen and oxygen atoms in total. The van der Waals surface area contributed by atoms with Crippen molar-refractivity contribution in [2.45, 2.75) is 6.92 Å². The van der Waals surface area contributed by atoms with Gasteiger partial charge >= 0.3 is 0 Å². The summed E-state index contributed by atoms with van der Waals surface area (Å²) < 4.78 is 10.8. The lowest BCUT2D eigenvalue weighted by Gasteiger charge is -2.12. The first-order chi connectivity index (χ1) is 11.0. The lowest BCUT2D eigenvalue weighted by atomic mass is 10.1. The first-order valence-electron chi connectivity index (χ1n) is 6.51. The summed E-state index contributed by atoms with van der Waals surface area (Å²) in [5, 5.41) is 19.9. The molecule has 7 heteroatoms. The van der Waals surface area contributed by atoms with Crippen molar-refractivity contribution >= 4 is 11.5 Å². The number of nitriles is 1. The third-order valence-electron chi connectivity index (χ3n) is 3.08. The Bertz CT molecular complexity index is 824. The molecule has 0 N–H and O–H groups in total. The molecule has 0 fully saturated rings. The van der Waals surface area contributed by atoms with Gasteiger partial charge in [-0.15, -0.1) is 0 Å². The van der Waals surface area contributed by atoms with Gasteiger partial charge in [-0.2, -0.15) is 5.26 Å². The Hall–Kier alpha value is -3.40. The third kappa shape index (κ3) is 3.44. The fraction of sp³-hybridized carbons (Fsp3) is 0.125. The average Bonchev–Trinajstić information content (AvgIpc) is 2.55. The summed E-state index contributed by atoms with van der Waals surface area (Å²) >= 11 is 0. The number of ketones is 1. The van der Waals surface area contributed by atoms with Crippen molar-refractivity contribution in [3.05, 3.63) is 57.6 Å². The van der Waals surface area contributed by atoms with Gasteiger partial charge < -0.3 is 9.47 Å². The number of carbonyl (C=O) groups is 1. The number of non-ortho nitro benzene ring substituents is 1. The lowest BCUT2D eigenvalue weighted by molar-refractivity contribution is -0.384. The summed E-state index contributed by atoms with van der Waals surface area (Å²) in [6.45, 7) is 1.43. The maximum absolute atomic E-state index is 11.4. The van der Waals surface area contributed by atoms with Crippen molar-refractivity contribution < 1.29 is 19.2 Å². The molecule has 0 bridgehead atoms. The van der Waals surface area contributed by atoms with Crippen molar-refractivity contribution in [3.63, 3.8) is 0 Å². The van der Waals surface area contributed by atoms with Gasteiger partial charge in [-0.25, -0.2) is 0 Å². The largest absolute Gasteiger partial charge is 0.493 e. The molecule has 0 saturated heterocycles. The second-order valence-corrected chi connectivity index (χ2v) is 4.57. The Balaban J connectivity index is 2.41. The summed E-state index contributed by atoms with van der Waals surface area (Å²) in [5.41, 5.74) is 0.281. The molecule has 2 aromatic rings. The highest BCUT2D eigenvalue weighted by Crippen LogP contribution is 2.34.